The second-order valence-electron chi connectivity index (χ2n) is 2.94. The van der Waals surface area contributed by atoms with Gasteiger partial charge in [0.2, 0.25) is 0 Å². The van der Waals surface area contributed by atoms with Gasteiger partial charge in [0.25, 0.3) is 0 Å². The molecule has 0 saturated carbocycles. The Hall–Kier alpha value is -1.33. The highest BCUT2D eigenvalue weighted by atomic mass is 35.5. The molecule has 0 fully saturated rings. The number of rotatable bonds is 3. The number of anilines is 1. The number of aromatic nitrogens is 1. The number of hydrogen-bond acceptors (Lipinski definition) is 3. The Bertz CT molecular complexity index is 329. The summed E-state index contributed by atoms with van der Waals surface area (Å²) in [5.41, 5.74) is 0. The van der Waals surface area contributed by atoms with Crippen LogP contribution in [-0.2, 0) is 0 Å². The predicted molar refractivity (Wildman–Crippen MR) is 58.0 cm³/mol. The summed E-state index contributed by atoms with van der Waals surface area (Å²) in [4.78, 5) is 16.7. The molecule has 0 saturated heterocycles. The van der Waals surface area contributed by atoms with Gasteiger partial charge in [-0.2, -0.15) is 0 Å². The molecule has 0 aliphatic carbocycles. The van der Waals surface area contributed by atoms with Crippen LogP contribution in [0.2, 0.25) is 5.02 Å². The summed E-state index contributed by atoms with van der Waals surface area (Å²) in [5, 5.41) is 11.7. The third-order valence-corrected chi connectivity index (χ3v) is 1.97. The Morgan fingerprint density at radius 2 is 2.40 bits per heavy atom. The van der Waals surface area contributed by atoms with Crippen LogP contribution in [0.5, 0.6) is 0 Å². The van der Waals surface area contributed by atoms with E-state index in [2.05, 4.69) is 10.3 Å². The summed E-state index contributed by atoms with van der Waals surface area (Å²) in [6, 6.07) is 2.92. The molecule has 1 rings (SSSR count). The Balaban J connectivity index is 2.54. The molecule has 0 aromatic carbocycles. The molecule has 2 amide bonds. The van der Waals surface area contributed by atoms with E-state index in [0.29, 0.717) is 10.8 Å². The van der Waals surface area contributed by atoms with Crippen LogP contribution >= 0.6 is 11.6 Å². The van der Waals surface area contributed by atoms with Gasteiger partial charge in [0, 0.05) is 19.8 Å². The molecule has 0 aliphatic rings. The lowest BCUT2D eigenvalue weighted by atomic mass is 10.4. The van der Waals surface area contributed by atoms with Gasteiger partial charge in [0.05, 0.1) is 11.6 Å². The molecular weight excluding hydrogens is 218 g/mol. The van der Waals surface area contributed by atoms with Crippen molar-refractivity contribution in [2.45, 2.75) is 0 Å². The van der Waals surface area contributed by atoms with Gasteiger partial charge in [-0.1, -0.05) is 11.6 Å². The minimum atomic E-state index is -0.320. The number of pyridine rings is 1. The molecule has 0 spiro atoms. The number of carbonyl (C=O) groups excluding carboxylic acids is 1. The van der Waals surface area contributed by atoms with Gasteiger partial charge in [-0.15, -0.1) is 0 Å². The summed E-state index contributed by atoms with van der Waals surface area (Å²) in [5.74, 6) is 0.425. The first-order chi connectivity index (χ1) is 7.13. The van der Waals surface area contributed by atoms with Crippen molar-refractivity contribution in [1.82, 2.24) is 9.88 Å². The Morgan fingerprint density at radius 1 is 1.67 bits per heavy atom. The van der Waals surface area contributed by atoms with Crippen molar-refractivity contribution in [1.29, 1.82) is 0 Å². The number of likely N-dealkylation sites (N-methyl/N-ethyl adjacent to an activating group) is 1. The molecule has 1 aromatic rings. The molecule has 1 aromatic heterocycles. The molecule has 15 heavy (non-hydrogen) atoms. The second kappa shape index (κ2) is 5.53. The highest BCUT2D eigenvalue weighted by molar-refractivity contribution is 6.30. The monoisotopic (exact) mass is 229 g/mol. The van der Waals surface area contributed by atoms with Crippen LogP contribution in [0.25, 0.3) is 0 Å². The lowest BCUT2D eigenvalue weighted by molar-refractivity contribution is 0.202. The zero-order valence-electron chi connectivity index (χ0n) is 8.27. The van der Waals surface area contributed by atoms with E-state index in [0.717, 1.165) is 0 Å². The molecule has 0 atom stereocenters. The first kappa shape index (κ1) is 11.7. The molecule has 0 aliphatic heterocycles. The molecule has 5 nitrogen and oxygen atoms in total. The first-order valence-corrected chi connectivity index (χ1v) is 4.76. The van der Waals surface area contributed by atoms with Crippen LogP contribution in [0, 0.1) is 0 Å². The van der Waals surface area contributed by atoms with E-state index in [4.69, 9.17) is 16.7 Å². The largest absolute Gasteiger partial charge is 0.395 e. The van der Waals surface area contributed by atoms with E-state index in [1.165, 1.54) is 11.1 Å². The molecule has 0 radical (unpaired) electrons. The normalized spacial score (nSPS) is 9.80. The first-order valence-electron chi connectivity index (χ1n) is 4.38. The number of urea groups is 1. The van der Waals surface area contributed by atoms with E-state index in [-0.39, 0.29) is 19.2 Å². The smallest absolute Gasteiger partial charge is 0.322 e. The Kier molecular flexibility index (Phi) is 4.33. The van der Waals surface area contributed by atoms with E-state index in [9.17, 15) is 4.79 Å². The number of carbonyl (C=O) groups is 1. The topological polar surface area (TPSA) is 65.5 Å². The number of nitrogens with zero attached hydrogens (tertiary/aromatic N) is 2. The average Bonchev–Trinajstić information content (AvgIpc) is 2.22. The molecule has 1 heterocycles. The maximum Gasteiger partial charge on any atom is 0.322 e. The summed E-state index contributed by atoms with van der Waals surface area (Å²) < 4.78 is 0. The molecular formula is C9H12ClN3O2. The number of aliphatic hydroxyl groups excluding tert-OH is 1. The average molecular weight is 230 g/mol. The Morgan fingerprint density at radius 3 is 2.93 bits per heavy atom. The number of nitrogens with one attached hydrogen (secondary N) is 1. The fourth-order valence-electron chi connectivity index (χ4n) is 0.906. The summed E-state index contributed by atoms with van der Waals surface area (Å²) in [6.45, 7) is 0.206. The zero-order chi connectivity index (χ0) is 11.3. The van der Waals surface area contributed by atoms with Crippen LogP contribution in [0.15, 0.2) is 18.3 Å². The standard InChI is InChI=1S/C9H12ClN3O2/c1-13(4-5-14)9(15)12-8-3-2-7(10)6-11-8/h2-3,6,14H,4-5H2,1H3,(H,11,12,15). The third-order valence-electron chi connectivity index (χ3n) is 1.74. The molecule has 82 valence electrons. The lowest BCUT2D eigenvalue weighted by Gasteiger charge is -2.15. The van der Waals surface area contributed by atoms with Gasteiger partial charge in [0.15, 0.2) is 0 Å². The van der Waals surface area contributed by atoms with Gasteiger partial charge in [-0.3, -0.25) is 5.32 Å². The number of aliphatic hydroxyl groups is 1. The minimum Gasteiger partial charge on any atom is -0.395 e. The van der Waals surface area contributed by atoms with Gasteiger partial charge >= 0.3 is 6.03 Å². The van der Waals surface area contributed by atoms with Gasteiger partial charge < -0.3 is 10.0 Å². The van der Waals surface area contributed by atoms with Gasteiger partial charge in [0.1, 0.15) is 5.82 Å². The van der Waals surface area contributed by atoms with Gasteiger partial charge in [-0.05, 0) is 12.1 Å². The van der Waals surface area contributed by atoms with Crippen molar-refractivity contribution >= 4 is 23.4 Å². The summed E-state index contributed by atoms with van der Waals surface area (Å²) in [6.07, 6.45) is 1.45. The van der Waals surface area contributed by atoms with Crippen LogP contribution in [0.1, 0.15) is 0 Å². The predicted octanol–water partition coefficient (Wildman–Crippen LogP) is 1.19. The highest BCUT2D eigenvalue weighted by Crippen LogP contribution is 2.09. The number of amides is 2. The van der Waals surface area contributed by atoms with Gasteiger partial charge in [-0.25, -0.2) is 9.78 Å². The number of hydrogen-bond donors (Lipinski definition) is 2. The van der Waals surface area contributed by atoms with Crippen molar-refractivity contribution in [3.8, 4) is 0 Å². The summed E-state index contributed by atoms with van der Waals surface area (Å²) >= 11 is 5.64. The second-order valence-corrected chi connectivity index (χ2v) is 3.37. The van der Waals surface area contributed by atoms with Crippen molar-refractivity contribution in [3.63, 3.8) is 0 Å². The van der Waals surface area contributed by atoms with Crippen LogP contribution < -0.4 is 5.32 Å². The fraction of sp³-hybridized carbons (Fsp3) is 0.333. The van der Waals surface area contributed by atoms with E-state index in [1.807, 2.05) is 0 Å². The summed E-state index contributed by atoms with van der Waals surface area (Å²) in [7, 11) is 1.58. The van der Waals surface area contributed by atoms with Crippen LogP contribution in [0.3, 0.4) is 0 Å². The molecule has 0 unspecified atom stereocenters. The zero-order valence-corrected chi connectivity index (χ0v) is 9.03. The van der Waals surface area contributed by atoms with Crippen molar-refractivity contribution in [3.05, 3.63) is 23.4 Å². The van der Waals surface area contributed by atoms with E-state index < -0.39 is 0 Å². The lowest BCUT2D eigenvalue weighted by Crippen LogP contribution is -2.33. The SMILES string of the molecule is CN(CCO)C(=O)Nc1ccc(Cl)cn1. The highest BCUT2D eigenvalue weighted by Gasteiger charge is 2.07. The van der Waals surface area contributed by atoms with Crippen LogP contribution in [0.4, 0.5) is 10.6 Å². The maximum atomic E-state index is 11.4. The third kappa shape index (κ3) is 3.73. The van der Waals surface area contributed by atoms with Crippen LogP contribution in [-0.4, -0.2) is 41.2 Å². The quantitative estimate of drug-likeness (QED) is 0.818. The van der Waals surface area contributed by atoms with E-state index in [1.54, 1.807) is 19.2 Å². The maximum absolute atomic E-state index is 11.4. The fourth-order valence-corrected chi connectivity index (χ4v) is 1.02. The minimum absolute atomic E-state index is 0.0715. The number of halogens is 1. The molecule has 0 bridgehead atoms. The van der Waals surface area contributed by atoms with E-state index >= 15 is 0 Å². The van der Waals surface area contributed by atoms with Crippen molar-refractivity contribution in [2.75, 3.05) is 25.5 Å². The van der Waals surface area contributed by atoms with Crippen molar-refractivity contribution < 1.29 is 9.90 Å². The van der Waals surface area contributed by atoms with Crippen molar-refractivity contribution in [2.24, 2.45) is 0 Å². The molecule has 2 N–H and O–H groups in total. The Labute approximate surface area is 92.7 Å². The molecule has 6 heteroatoms.